The third kappa shape index (κ3) is 8.02. The molecule has 0 saturated heterocycles. The fraction of sp³-hybridized carbons (Fsp3) is 0.385. The van der Waals surface area contributed by atoms with Crippen LogP contribution in [-0.2, 0) is 37.0 Å². The van der Waals surface area contributed by atoms with Gasteiger partial charge in [-0.15, -0.1) is 0 Å². The van der Waals surface area contributed by atoms with Crippen LogP contribution in [-0.4, -0.2) is 48.4 Å². The first kappa shape index (κ1) is 29.6. The van der Waals surface area contributed by atoms with Gasteiger partial charge in [-0.3, -0.25) is 15.0 Å². The number of anilines is 1. The molecule has 0 fully saturated rings. The number of carbonyl (C=O) groups excluding carboxylic acids is 2. The molecule has 5 N–H and O–H groups in total. The van der Waals surface area contributed by atoms with Crippen LogP contribution in [0.4, 0.5) is 5.69 Å². The maximum absolute atomic E-state index is 13.3. The summed E-state index contributed by atoms with van der Waals surface area (Å²) >= 11 is 4.77. The Bertz CT molecular complexity index is 1240. The first-order valence-corrected chi connectivity index (χ1v) is 15.0. The number of nitrogens with two attached hydrogens (primary N) is 1. The Labute approximate surface area is 228 Å². The van der Waals surface area contributed by atoms with Gasteiger partial charge >= 0.3 is 6.72 Å². The maximum atomic E-state index is 13.3. The van der Waals surface area contributed by atoms with Crippen LogP contribution in [0.15, 0.2) is 53.6 Å². The average Bonchev–Trinajstić information content (AvgIpc) is 2.92. The molecule has 0 spiro atoms. The Morgan fingerprint density at radius 1 is 1.11 bits per heavy atom. The van der Waals surface area contributed by atoms with Crippen LogP contribution in [0.3, 0.4) is 0 Å². The number of unbranched alkanes of at least 4 members (excludes halogenated alkanes) is 3. The number of hydrogen-bond acceptors (Lipinski definition) is 8. The van der Waals surface area contributed by atoms with E-state index in [4.69, 9.17) is 32.1 Å². The predicted octanol–water partition coefficient (Wildman–Crippen LogP) is 3.60. The number of nitrogens with one attached hydrogen (secondary N) is 2. The minimum Gasteiger partial charge on any atom is -0.356 e. The van der Waals surface area contributed by atoms with Crippen LogP contribution in [0.25, 0.3) is 0 Å². The number of hydrazone groups is 1. The van der Waals surface area contributed by atoms with Crippen LogP contribution in [0.1, 0.15) is 55.2 Å². The summed E-state index contributed by atoms with van der Waals surface area (Å²) in [5.74, 6) is 5.27. The highest BCUT2D eigenvalue weighted by Gasteiger charge is 2.28. The summed E-state index contributed by atoms with van der Waals surface area (Å²) in [6.07, 6.45) is 3.39. The van der Waals surface area contributed by atoms with E-state index < -0.39 is 6.72 Å². The Kier molecular flexibility index (Phi) is 11.1. The van der Waals surface area contributed by atoms with E-state index in [9.17, 15) is 14.5 Å². The summed E-state index contributed by atoms with van der Waals surface area (Å²) in [4.78, 5) is 36.9. The third-order valence-electron chi connectivity index (χ3n) is 6.18. The van der Waals surface area contributed by atoms with Crippen molar-refractivity contribution in [2.75, 3.05) is 25.2 Å². The lowest BCUT2D eigenvalue weighted by Gasteiger charge is -2.29. The molecule has 2 aromatic rings. The number of fused-ring (bicyclic) bond motifs is 2. The first-order valence-electron chi connectivity index (χ1n) is 12.4. The standard InChI is InChI=1S/C26H34N5O5PS/c1-35-37(34,38)36-17-9-3-2-8-16-29-23(32)14-15-24(33)31-18-19-10-4-5-11-20(19)26(30-28)25(27)21-12-6-7-13-22(21)31/h4-7,10-13,27H,2-3,8-9,14-18,28H2,1H3,(H,29,32)(H,34,38). The highest BCUT2D eigenvalue weighted by atomic mass is 32.5. The van der Waals surface area contributed by atoms with E-state index in [1.165, 1.54) is 7.11 Å². The second kappa shape index (κ2) is 14.3. The zero-order valence-electron chi connectivity index (χ0n) is 21.4. The van der Waals surface area contributed by atoms with Gasteiger partial charge in [-0.25, -0.2) is 0 Å². The number of nitrogens with zero attached hydrogens (tertiary/aromatic N) is 2. The SMILES string of the molecule is COP(O)(=S)OCCCCCCNC(=O)CCC(=O)N1Cc2ccccc2C(=NN)C(=N)c2ccccc21. The van der Waals surface area contributed by atoms with Gasteiger partial charge in [0.05, 0.1) is 24.6 Å². The largest absolute Gasteiger partial charge is 0.356 e. The topological polar surface area (TPSA) is 150 Å². The zero-order chi connectivity index (χ0) is 27.5. The second-order valence-corrected chi connectivity index (χ2v) is 11.7. The van der Waals surface area contributed by atoms with E-state index in [0.29, 0.717) is 35.7 Å². The smallest absolute Gasteiger partial charge is 0.324 e. The number of para-hydroxylation sites is 1. The molecule has 1 heterocycles. The molecule has 0 aromatic heterocycles. The van der Waals surface area contributed by atoms with E-state index in [1.54, 1.807) is 23.1 Å². The van der Waals surface area contributed by atoms with Crippen molar-refractivity contribution in [3.8, 4) is 0 Å². The Morgan fingerprint density at radius 2 is 1.79 bits per heavy atom. The van der Waals surface area contributed by atoms with Crippen molar-refractivity contribution in [2.24, 2.45) is 10.9 Å². The molecule has 0 radical (unpaired) electrons. The average molecular weight is 560 g/mol. The predicted molar refractivity (Wildman–Crippen MR) is 152 cm³/mol. The summed E-state index contributed by atoms with van der Waals surface area (Å²) in [7, 11) is 1.32. The van der Waals surface area contributed by atoms with Gasteiger partial charge in [-0.1, -0.05) is 55.3 Å². The van der Waals surface area contributed by atoms with Crippen LogP contribution in [0, 0.1) is 5.41 Å². The number of amides is 2. The summed E-state index contributed by atoms with van der Waals surface area (Å²) in [5, 5.41) is 15.5. The first-order chi connectivity index (χ1) is 18.3. The van der Waals surface area contributed by atoms with Gasteiger partial charge in [0.2, 0.25) is 11.8 Å². The Hall–Kier alpha value is -2.95. The highest BCUT2D eigenvalue weighted by molar-refractivity contribution is 8.07. The molecule has 10 nitrogen and oxygen atoms in total. The van der Waals surface area contributed by atoms with E-state index >= 15 is 0 Å². The normalized spacial score (nSPS) is 15.7. The molecule has 38 heavy (non-hydrogen) atoms. The molecule has 2 amide bonds. The van der Waals surface area contributed by atoms with Crippen LogP contribution >= 0.6 is 6.72 Å². The Morgan fingerprint density at radius 3 is 2.53 bits per heavy atom. The lowest BCUT2D eigenvalue weighted by atomic mass is 9.92. The van der Waals surface area contributed by atoms with Crippen molar-refractivity contribution in [1.82, 2.24) is 5.32 Å². The van der Waals surface area contributed by atoms with E-state index in [2.05, 4.69) is 10.4 Å². The summed E-state index contributed by atoms with van der Waals surface area (Å²) in [5.41, 5.74) is 3.17. The van der Waals surface area contributed by atoms with Crippen molar-refractivity contribution in [3.63, 3.8) is 0 Å². The fourth-order valence-electron chi connectivity index (χ4n) is 4.17. The molecule has 1 aliphatic rings. The molecule has 12 heteroatoms. The van der Waals surface area contributed by atoms with Crippen molar-refractivity contribution >= 4 is 47.5 Å². The summed E-state index contributed by atoms with van der Waals surface area (Å²) < 4.78 is 9.84. The molecule has 2 aromatic carbocycles. The number of benzene rings is 2. The van der Waals surface area contributed by atoms with Gasteiger partial charge < -0.3 is 30.0 Å². The van der Waals surface area contributed by atoms with E-state index in [1.807, 2.05) is 30.3 Å². The summed E-state index contributed by atoms with van der Waals surface area (Å²) in [6.45, 7) is -1.97. The monoisotopic (exact) mass is 559 g/mol. The second-order valence-electron chi connectivity index (χ2n) is 8.76. The van der Waals surface area contributed by atoms with Crippen molar-refractivity contribution in [2.45, 2.75) is 45.1 Å². The number of hydrogen-bond donors (Lipinski definition) is 4. The molecule has 1 atom stereocenters. The molecule has 1 aliphatic heterocycles. The quantitative estimate of drug-likeness (QED) is 0.134. The van der Waals surface area contributed by atoms with Gasteiger partial charge in [0.25, 0.3) is 0 Å². The minimum absolute atomic E-state index is 0.0391. The van der Waals surface area contributed by atoms with Crippen LogP contribution < -0.4 is 16.1 Å². The molecule has 204 valence electrons. The molecule has 0 aliphatic carbocycles. The highest BCUT2D eigenvalue weighted by Crippen LogP contribution is 2.42. The third-order valence-corrected chi connectivity index (χ3v) is 7.91. The van der Waals surface area contributed by atoms with Crippen molar-refractivity contribution in [3.05, 3.63) is 65.2 Å². The molecule has 1 unspecified atom stereocenters. The molecular formula is C26H34N5O5PS. The number of rotatable bonds is 12. The number of carbonyl (C=O) groups is 2. The zero-order valence-corrected chi connectivity index (χ0v) is 23.1. The van der Waals surface area contributed by atoms with E-state index in [-0.39, 0.29) is 36.9 Å². The van der Waals surface area contributed by atoms with Gasteiger partial charge in [-0.2, -0.15) is 5.10 Å². The molecule has 0 bridgehead atoms. The van der Waals surface area contributed by atoms with Crippen molar-refractivity contribution in [1.29, 1.82) is 5.41 Å². The van der Waals surface area contributed by atoms with E-state index in [0.717, 1.165) is 31.2 Å². The van der Waals surface area contributed by atoms with Crippen molar-refractivity contribution < 1.29 is 23.5 Å². The summed E-state index contributed by atoms with van der Waals surface area (Å²) in [6, 6.07) is 14.6. The molecule has 0 saturated carbocycles. The lowest BCUT2D eigenvalue weighted by Crippen LogP contribution is -2.36. The Balaban J connectivity index is 1.53. The van der Waals surface area contributed by atoms with Gasteiger partial charge in [-0.05, 0) is 36.3 Å². The van der Waals surface area contributed by atoms with Crippen LogP contribution in [0.5, 0.6) is 0 Å². The fourth-order valence-corrected chi connectivity index (χ4v) is 4.86. The van der Waals surface area contributed by atoms with Gasteiger partial charge in [0, 0.05) is 37.6 Å². The minimum atomic E-state index is -3.10. The van der Waals surface area contributed by atoms with Crippen LogP contribution in [0.2, 0.25) is 0 Å². The molecular weight excluding hydrogens is 525 g/mol. The van der Waals surface area contributed by atoms with Gasteiger partial charge in [0.15, 0.2) is 0 Å². The molecule has 3 rings (SSSR count). The lowest BCUT2D eigenvalue weighted by molar-refractivity contribution is -0.125. The van der Waals surface area contributed by atoms with Gasteiger partial charge in [0.1, 0.15) is 5.71 Å². The maximum Gasteiger partial charge on any atom is 0.324 e.